The topological polar surface area (TPSA) is 0 Å². The van der Waals surface area contributed by atoms with E-state index in [1.54, 1.807) is 11.1 Å². The molecule has 172 valence electrons. The fourth-order valence-corrected chi connectivity index (χ4v) is 5.05. The quantitative estimate of drug-likeness (QED) is 0.464. The standard InChI is InChI=1S/C31H48/c1-14-21(26-22(28(2,3)4)17-15-18-23(26)29(5,6)7)27-24(30(8,9)10)19-16-20-25(27)31(11,12)13/h15-21H,14H2,1-13H3. The van der Waals surface area contributed by atoms with E-state index in [1.807, 2.05) is 0 Å². The third-order valence-corrected chi connectivity index (χ3v) is 6.55. The van der Waals surface area contributed by atoms with Crippen molar-refractivity contribution in [3.05, 3.63) is 69.8 Å². The lowest BCUT2D eigenvalue weighted by Crippen LogP contribution is -2.27. The lowest BCUT2D eigenvalue weighted by Gasteiger charge is -2.38. The molecule has 2 aromatic rings. The van der Waals surface area contributed by atoms with E-state index in [0.717, 1.165) is 6.42 Å². The molecule has 0 bridgehead atoms. The van der Waals surface area contributed by atoms with E-state index in [4.69, 9.17) is 0 Å². The van der Waals surface area contributed by atoms with Gasteiger partial charge in [-0.3, -0.25) is 0 Å². The molecule has 0 fully saturated rings. The summed E-state index contributed by atoms with van der Waals surface area (Å²) in [5, 5.41) is 0. The van der Waals surface area contributed by atoms with Crippen LogP contribution in [0.5, 0.6) is 0 Å². The third-order valence-electron chi connectivity index (χ3n) is 6.55. The minimum Gasteiger partial charge on any atom is -0.0645 e. The average Bonchev–Trinajstić information content (AvgIpc) is 2.59. The van der Waals surface area contributed by atoms with Gasteiger partial charge in [0.05, 0.1) is 0 Å². The number of benzene rings is 2. The van der Waals surface area contributed by atoms with E-state index < -0.39 is 0 Å². The largest absolute Gasteiger partial charge is 0.0645 e. The van der Waals surface area contributed by atoms with Crippen molar-refractivity contribution in [1.82, 2.24) is 0 Å². The Hall–Kier alpha value is -1.56. The van der Waals surface area contributed by atoms with E-state index in [2.05, 4.69) is 126 Å². The van der Waals surface area contributed by atoms with Crippen LogP contribution in [0.2, 0.25) is 0 Å². The molecule has 0 radical (unpaired) electrons. The third kappa shape index (κ3) is 5.44. The van der Waals surface area contributed by atoms with Crippen LogP contribution in [0.25, 0.3) is 0 Å². The van der Waals surface area contributed by atoms with Gasteiger partial charge in [0.25, 0.3) is 0 Å². The highest BCUT2D eigenvalue weighted by Gasteiger charge is 2.35. The first-order valence-corrected chi connectivity index (χ1v) is 12.2. The molecule has 0 aromatic heterocycles. The highest BCUT2D eigenvalue weighted by molar-refractivity contribution is 5.54. The van der Waals surface area contributed by atoms with E-state index in [1.165, 1.54) is 22.3 Å². The highest BCUT2D eigenvalue weighted by atomic mass is 14.4. The zero-order chi connectivity index (χ0) is 24.0. The fourth-order valence-electron chi connectivity index (χ4n) is 5.05. The van der Waals surface area contributed by atoms with Gasteiger partial charge in [-0.05, 0) is 61.5 Å². The number of rotatable bonds is 3. The monoisotopic (exact) mass is 420 g/mol. The van der Waals surface area contributed by atoms with Gasteiger partial charge in [-0.25, -0.2) is 0 Å². The van der Waals surface area contributed by atoms with Crippen LogP contribution < -0.4 is 0 Å². The average molecular weight is 421 g/mol. The van der Waals surface area contributed by atoms with Crippen LogP contribution >= 0.6 is 0 Å². The molecule has 0 nitrogen and oxygen atoms in total. The molecule has 0 heteroatoms. The van der Waals surface area contributed by atoms with Gasteiger partial charge in [0.15, 0.2) is 0 Å². The lowest BCUT2D eigenvalue weighted by atomic mass is 9.66. The maximum atomic E-state index is 2.38. The van der Waals surface area contributed by atoms with Crippen LogP contribution in [-0.2, 0) is 21.7 Å². The second-order valence-electron chi connectivity index (χ2n) is 13.5. The van der Waals surface area contributed by atoms with Gasteiger partial charge < -0.3 is 0 Å². The predicted octanol–water partition coefficient (Wildman–Crippen LogP) is 9.42. The van der Waals surface area contributed by atoms with Gasteiger partial charge in [-0.2, -0.15) is 0 Å². The Morgan fingerprint density at radius 3 is 0.871 bits per heavy atom. The molecule has 0 aliphatic rings. The molecule has 0 aliphatic heterocycles. The predicted molar refractivity (Wildman–Crippen MR) is 140 cm³/mol. The minimum absolute atomic E-state index is 0.0998. The molecule has 31 heavy (non-hydrogen) atoms. The summed E-state index contributed by atoms with van der Waals surface area (Å²) in [6.07, 6.45) is 1.10. The Morgan fingerprint density at radius 1 is 0.484 bits per heavy atom. The fraction of sp³-hybridized carbons (Fsp3) is 0.613. The second kappa shape index (κ2) is 8.42. The number of hydrogen-bond acceptors (Lipinski definition) is 0. The first kappa shape index (κ1) is 25.7. The van der Waals surface area contributed by atoms with Crippen molar-refractivity contribution in [2.45, 2.75) is 124 Å². The van der Waals surface area contributed by atoms with E-state index in [-0.39, 0.29) is 21.7 Å². The van der Waals surface area contributed by atoms with Crippen molar-refractivity contribution >= 4 is 0 Å². The molecule has 0 heterocycles. The maximum absolute atomic E-state index is 2.38. The van der Waals surface area contributed by atoms with Crippen LogP contribution in [0.1, 0.15) is 136 Å². The van der Waals surface area contributed by atoms with Crippen LogP contribution in [0.4, 0.5) is 0 Å². The Labute approximate surface area is 193 Å². The second-order valence-corrected chi connectivity index (χ2v) is 13.5. The van der Waals surface area contributed by atoms with Crippen molar-refractivity contribution in [2.75, 3.05) is 0 Å². The van der Waals surface area contributed by atoms with Crippen molar-refractivity contribution in [2.24, 2.45) is 0 Å². The van der Waals surface area contributed by atoms with E-state index in [0.29, 0.717) is 5.92 Å². The first-order valence-electron chi connectivity index (χ1n) is 12.2. The Bertz CT molecular complexity index is 759. The van der Waals surface area contributed by atoms with Crippen molar-refractivity contribution < 1.29 is 0 Å². The Balaban J connectivity index is 3.07. The first-order chi connectivity index (χ1) is 13.9. The van der Waals surface area contributed by atoms with Crippen molar-refractivity contribution in [1.29, 1.82) is 0 Å². The zero-order valence-electron chi connectivity index (χ0n) is 22.7. The molecule has 0 unspecified atom stereocenters. The van der Waals surface area contributed by atoms with Crippen LogP contribution in [-0.4, -0.2) is 0 Å². The molecule has 0 atom stereocenters. The summed E-state index contributed by atoms with van der Waals surface area (Å²) in [7, 11) is 0. The molecule has 0 saturated carbocycles. The molecule has 2 aromatic carbocycles. The summed E-state index contributed by atoms with van der Waals surface area (Å²) in [4.78, 5) is 0. The molecular formula is C31H48. The zero-order valence-corrected chi connectivity index (χ0v) is 22.7. The van der Waals surface area contributed by atoms with E-state index >= 15 is 0 Å². The van der Waals surface area contributed by atoms with Crippen molar-refractivity contribution in [3.63, 3.8) is 0 Å². The van der Waals surface area contributed by atoms with Gasteiger partial charge in [0, 0.05) is 5.92 Å². The molecule has 0 saturated heterocycles. The van der Waals surface area contributed by atoms with Gasteiger partial charge in [0.1, 0.15) is 0 Å². The van der Waals surface area contributed by atoms with Gasteiger partial charge >= 0.3 is 0 Å². The minimum atomic E-state index is 0.0998. The van der Waals surface area contributed by atoms with Crippen LogP contribution in [0.3, 0.4) is 0 Å². The summed E-state index contributed by atoms with van der Waals surface area (Å²) in [6.45, 7) is 30.8. The lowest BCUT2D eigenvalue weighted by molar-refractivity contribution is 0.523. The van der Waals surface area contributed by atoms with Gasteiger partial charge in [0.2, 0.25) is 0 Å². The summed E-state index contributed by atoms with van der Waals surface area (Å²) in [5.41, 5.74) is 9.51. The van der Waals surface area contributed by atoms with Crippen LogP contribution in [0.15, 0.2) is 36.4 Å². The summed E-state index contributed by atoms with van der Waals surface area (Å²) >= 11 is 0. The Kier molecular flexibility index (Phi) is 6.98. The molecule has 0 N–H and O–H groups in total. The van der Waals surface area contributed by atoms with Crippen LogP contribution in [0, 0.1) is 0 Å². The van der Waals surface area contributed by atoms with Gasteiger partial charge in [-0.15, -0.1) is 0 Å². The molecule has 2 rings (SSSR count). The summed E-state index contributed by atoms with van der Waals surface area (Å²) in [5.74, 6) is 0.384. The summed E-state index contributed by atoms with van der Waals surface area (Å²) < 4.78 is 0. The van der Waals surface area contributed by atoms with Gasteiger partial charge in [-0.1, -0.05) is 126 Å². The SMILES string of the molecule is CCC(c1c(C(C)(C)C)cccc1C(C)(C)C)c1c(C(C)(C)C)cccc1C(C)(C)C. The molecule has 0 aliphatic carbocycles. The molecule has 0 amide bonds. The van der Waals surface area contributed by atoms with Crippen molar-refractivity contribution in [3.8, 4) is 0 Å². The molecular weight excluding hydrogens is 372 g/mol. The maximum Gasteiger partial charge on any atom is 0.00984 e. The highest BCUT2D eigenvalue weighted by Crippen LogP contribution is 2.47. The Morgan fingerprint density at radius 2 is 0.710 bits per heavy atom. The summed E-state index contributed by atoms with van der Waals surface area (Å²) in [6, 6.07) is 14.1. The number of hydrogen-bond donors (Lipinski definition) is 0. The molecule has 0 spiro atoms. The normalized spacial score (nSPS) is 13.7. The smallest absolute Gasteiger partial charge is 0.00984 e. The van der Waals surface area contributed by atoms with E-state index in [9.17, 15) is 0 Å².